The lowest BCUT2D eigenvalue weighted by atomic mass is 10.0. The molecule has 90 valence electrons. The number of piperidine rings is 1. The Hall–Kier alpha value is -1.30. The van der Waals surface area contributed by atoms with Crippen molar-refractivity contribution in [2.75, 3.05) is 26.2 Å². The number of carboxylic acid groups (broad SMARTS) is 1. The first kappa shape index (κ1) is 11.2. The zero-order chi connectivity index (χ0) is 11.5. The molecule has 6 heteroatoms. The van der Waals surface area contributed by atoms with Crippen LogP contribution in [-0.4, -0.2) is 54.2 Å². The second-order valence-corrected chi connectivity index (χ2v) is 4.41. The molecular weight excluding hydrogens is 210 g/mol. The zero-order valence-electron chi connectivity index (χ0n) is 9.11. The number of hydrogen-bond donors (Lipinski definition) is 3. The van der Waals surface area contributed by atoms with Crippen LogP contribution in [0.15, 0.2) is 0 Å². The summed E-state index contributed by atoms with van der Waals surface area (Å²) in [5, 5.41) is 14.8. The van der Waals surface area contributed by atoms with Gasteiger partial charge in [0.1, 0.15) is 0 Å². The number of hydrogen-bond acceptors (Lipinski definition) is 3. The SMILES string of the molecule is O=C(O)C1CN(C(=O)NC2CCNCC2)C1. The average Bonchev–Trinajstić information content (AvgIpc) is 2.15. The smallest absolute Gasteiger partial charge is 0.317 e. The van der Waals surface area contributed by atoms with Crippen molar-refractivity contribution in [2.24, 2.45) is 5.92 Å². The lowest BCUT2D eigenvalue weighted by molar-refractivity contribution is -0.146. The van der Waals surface area contributed by atoms with Gasteiger partial charge in [0.2, 0.25) is 0 Å². The number of urea groups is 1. The van der Waals surface area contributed by atoms with Crippen LogP contribution < -0.4 is 10.6 Å². The molecule has 0 atom stereocenters. The van der Waals surface area contributed by atoms with Gasteiger partial charge in [-0.2, -0.15) is 0 Å². The maximum Gasteiger partial charge on any atom is 0.317 e. The number of likely N-dealkylation sites (tertiary alicyclic amines) is 1. The summed E-state index contributed by atoms with van der Waals surface area (Å²) < 4.78 is 0. The van der Waals surface area contributed by atoms with Crippen LogP contribution in [0.1, 0.15) is 12.8 Å². The lowest BCUT2D eigenvalue weighted by Gasteiger charge is -2.38. The molecule has 3 N–H and O–H groups in total. The summed E-state index contributed by atoms with van der Waals surface area (Å²) in [4.78, 5) is 23.8. The molecule has 6 nitrogen and oxygen atoms in total. The van der Waals surface area contributed by atoms with E-state index in [4.69, 9.17) is 5.11 Å². The van der Waals surface area contributed by atoms with Gasteiger partial charge in [0.25, 0.3) is 0 Å². The van der Waals surface area contributed by atoms with E-state index in [-0.39, 0.29) is 18.0 Å². The van der Waals surface area contributed by atoms with E-state index < -0.39 is 5.97 Å². The maximum absolute atomic E-state index is 11.7. The summed E-state index contributed by atoms with van der Waals surface area (Å²) >= 11 is 0. The van der Waals surface area contributed by atoms with Crippen molar-refractivity contribution in [1.29, 1.82) is 0 Å². The molecule has 0 aliphatic carbocycles. The third kappa shape index (κ3) is 2.44. The van der Waals surface area contributed by atoms with Gasteiger partial charge in [0, 0.05) is 19.1 Å². The van der Waals surface area contributed by atoms with E-state index in [1.165, 1.54) is 0 Å². The Kier molecular flexibility index (Phi) is 3.28. The molecule has 0 radical (unpaired) electrons. The quantitative estimate of drug-likeness (QED) is 0.592. The van der Waals surface area contributed by atoms with Crippen molar-refractivity contribution >= 4 is 12.0 Å². The molecule has 0 spiro atoms. The minimum atomic E-state index is -0.814. The highest BCUT2D eigenvalue weighted by Crippen LogP contribution is 2.16. The molecule has 2 aliphatic rings. The number of carbonyl (C=O) groups excluding carboxylic acids is 1. The Balaban J connectivity index is 1.71. The van der Waals surface area contributed by atoms with Gasteiger partial charge < -0.3 is 20.6 Å². The first-order valence-corrected chi connectivity index (χ1v) is 5.66. The Bertz CT molecular complexity index is 283. The molecule has 2 fully saturated rings. The van der Waals surface area contributed by atoms with Crippen LogP contribution >= 0.6 is 0 Å². The average molecular weight is 227 g/mol. The Morgan fingerprint density at radius 3 is 2.44 bits per heavy atom. The molecule has 0 aromatic heterocycles. The molecule has 16 heavy (non-hydrogen) atoms. The topological polar surface area (TPSA) is 81.7 Å². The molecular formula is C10H17N3O3. The highest BCUT2D eigenvalue weighted by molar-refractivity contribution is 5.79. The summed E-state index contributed by atoms with van der Waals surface area (Å²) in [6.45, 7) is 2.55. The van der Waals surface area contributed by atoms with Gasteiger partial charge in [-0.3, -0.25) is 4.79 Å². The van der Waals surface area contributed by atoms with E-state index in [0.717, 1.165) is 25.9 Å². The highest BCUT2D eigenvalue weighted by Gasteiger charge is 2.36. The largest absolute Gasteiger partial charge is 0.481 e. The summed E-state index contributed by atoms with van der Waals surface area (Å²) in [6.07, 6.45) is 1.89. The fourth-order valence-electron chi connectivity index (χ4n) is 2.03. The predicted octanol–water partition coefficient (Wildman–Crippen LogP) is -0.536. The van der Waals surface area contributed by atoms with Gasteiger partial charge in [-0.25, -0.2) is 4.79 Å². The van der Waals surface area contributed by atoms with Gasteiger partial charge in [-0.15, -0.1) is 0 Å². The fourth-order valence-corrected chi connectivity index (χ4v) is 2.03. The standard InChI is InChI=1S/C10H17N3O3/c14-9(15)7-5-13(6-7)10(16)12-8-1-3-11-4-2-8/h7-8,11H,1-6H2,(H,12,16)(H,14,15). The number of aliphatic carboxylic acids is 1. The summed E-state index contributed by atoms with van der Waals surface area (Å²) in [7, 11) is 0. The van der Waals surface area contributed by atoms with Crippen molar-refractivity contribution in [3.05, 3.63) is 0 Å². The van der Waals surface area contributed by atoms with Crippen LogP contribution in [0.3, 0.4) is 0 Å². The van der Waals surface area contributed by atoms with Crippen LogP contribution in [0.4, 0.5) is 4.79 Å². The van der Waals surface area contributed by atoms with Gasteiger partial charge in [0.05, 0.1) is 5.92 Å². The number of nitrogens with zero attached hydrogens (tertiary/aromatic N) is 1. The van der Waals surface area contributed by atoms with E-state index in [1.54, 1.807) is 4.90 Å². The highest BCUT2D eigenvalue weighted by atomic mass is 16.4. The molecule has 0 saturated carbocycles. The third-order valence-corrected chi connectivity index (χ3v) is 3.18. The Labute approximate surface area is 94.0 Å². The monoisotopic (exact) mass is 227 g/mol. The van der Waals surface area contributed by atoms with E-state index in [1.807, 2.05) is 0 Å². The van der Waals surface area contributed by atoms with Gasteiger partial charge in [-0.1, -0.05) is 0 Å². The molecule has 0 aromatic rings. The molecule has 2 saturated heterocycles. The van der Waals surface area contributed by atoms with Crippen molar-refractivity contribution in [3.8, 4) is 0 Å². The number of carboxylic acids is 1. The summed E-state index contributed by atoms with van der Waals surface area (Å²) in [5.74, 6) is -1.19. The normalized spacial score (nSPS) is 22.6. The minimum absolute atomic E-state index is 0.121. The lowest BCUT2D eigenvalue weighted by Crippen LogP contribution is -2.58. The van der Waals surface area contributed by atoms with Crippen molar-refractivity contribution < 1.29 is 14.7 Å². The van der Waals surface area contributed by atoms with Gasteiger partial charge in [-0.05, 0) is 25.9 Å². The van der Waals surface area contributed by atoms with Crippen molar-refractivity contribution in [1.82, 2.24) is 15.5 Å². The second-order valence-electron chi connectivity index (χ2n) is 4.41. The second kappa shape index (κ2) is 4.69. The molecule has 2 heterocycles. The van der Waals surface area contributed by atoms with E-state index in [2.05, 4.69) is 10.6 Å². The number of amides is 2. The predicted molar refractivity (Wildman–Crippen MR) is 57.1 cm³/mol. The van der Waals surface area contributed by atoms with Gasteiger partial charge >= 0.3 is 12.0 Å². The van der Waals surface area contributed by atoms with Crippen LogP contribution in [0.5, 0.6) is 0 Å². The van der Waals surface area contributed by atoms with Crippen LogP contribution in [0.2, 0.25) is 0 Å². The van der Waals surface area contributed by atoms with E-state index >= 15 is 0 Å². The van der Waals surface area contributed by atoms with Gasteiger partial charge in [0.15, 0.2) is 0 Å². The van der Waals surface area contributed by atoms with Crippen LogP contribution in [-0.2, 0) is 4.79 Å². The number of nitrogens with one attached hydrogen (secondary N) is 2. The van der Waals surface area contributed by atoms with Crippen molar-refractivity contribution in [3.63, 3.8) is 0 Å². The fraction of sp³-hybridized carbons (Fsp3) is 0.800. The maximum atomic E-state index is 11.7. The Morgan fingerprint density at radius 1 is 1.25 bits per heavy atom. The molecule has 2 aliphatic heterocycles. The number of rotatable bonds is 2. The molecule has 0 bridgehead atoms. The zero-order valence-corrected chi connectivity index (χ0v) is 9.11. The third-order valence-electron chi connectivity index (χ3n) is 3.18. The summed E-state index contributed by atoms with van der Waals surface area (Å²) in [5.41, 5.74) is 0. The molecule has 2 rings (SSSR count). The molecule has 2 amide bonds. The van der Waals surface area contributed by atoms with Crippen LogP contribution in [0.25, 0.3) is 0 Å². The van der Waals surface area contributed by atoms with Crippen LogP contribution in [0, 0.1) is 5.92 Å². The first-order chi connectivity index (χ1) is 7.66. The van der Waals surface area contributed by atoms with Crippen molar-refractivity contribution in [2.45, 2.75) is 18.9 Å². The summed E-state index contributed by atoms with van der Waals surface area (Å²) in [6, 6.07) is 0.113. The Morgan fingerprint density at radius 2 is 1.88 bits per heavy atom. The van der Waals surface area contributed by atoms with E-state index in [9.17, 15) is 9.59 Å². The molecule has 0 unspecified atom stereocenters. The number of carbonyl (C=O) groups is 2. The minimum Gasteiger partial charge on any atom is -0.481 e. The molecule has 0 aromatic carbocycles. The van der Waals surface area contributed by atoms with E-state index in [0.29, 0.717) is 13.1 Å². The first-order valence-electron chi connectivity index (χ1n) is 5.66.